The molecule has 0 saturated heterocycles. The van der Waals surface area contributed by atoms with Crippen molar-refractivity contribution in [3.63, 3.8) is 0 Å². The van der Waals surface area contributed by atoms with Crippen LogP contribution in [0.4, 0.5) is 0 Å². The minimum Gasteiger partial charge on any atom is -0.477 e. The molecule has 0 aromatic carbocycles. The molecule has 0 amide bonds. The molecule has 1 N–H and O–H groups in total. The van der Waals surface area contributed by atoms with Gasteiger partial charge in [-0.05, 0) is 64.2 Å². The summed E-state index contributed by atoms with van der Waals surface area (Å²) in [5, 5.41) is 9.61. The van der Waals surface area contributed by atoms with Gasteiger partial charge in [0.1, 0.15) is 6.61 Å². The zero-order valence-corrected chi connectivity index (χ0v) is 35.9. The zero-order valence-electron chi connectivity index (χ0n) is 35.9. The number of carboxylic acid groups (broad SMARTS) is 1. The van der Waals surface area contributed by atoms with Crippen LogP contribution < -0.4 is 0 Å². The zero-order chi connectivity index (χ0) is 40.7. The van der Waals surface area contributed by atoms with Crippen LogP contribution >= 0.6 is 0 Å². The Bertz CT molecular complexity index is 1090. The quantitative estimate of drug-likeness (QED) is 0.0219. The lowest BCUT2D eigenvalue weighted by Gasteiger charge is -2.31. The van der Waals surface area contributed by atoms with Gasteiger partial charge in [0.05, 0.1) is 34.4 Å². The lowest BCUT2D eigenvalue weighted by molar-refractivity contribution is -0.887. The minimum absolute atomic E-state index is 0.0491. The molecule has 8 heteroatoms. The summed E-state index contributed by atoms with van der Waals surface area (Å²) >= 11 is 0. The Morgan fingerprint density at radius 1 is 0.582 bits per heavy atom. The predicted molar refractivity (Wildman–Crippen MR) is 229 cm³/mol. The van der Waals surface area contributed by atoms with E-state index in [1.807, 2.05) is 21.1 Å². The van der Waals surface area contributed by atoms with Gasteiger partial charge in [-0.3, -0.25) is 9.59 Å². The van der Waals surface area contributed by atoms with Gasteiger partial charge in [-0.15, -0.1) is 0 Å². The molecule has 0 rings (SSSR count). The fourth-order valence-electron chi connectivity index (χ4n) is 6.02. The van der Waals surface area contributed by atoms with Crippen LogP contribution in [-0.4, -0.2) is 80.6 Å². The molecule has 0 radical (unpaired) electrons. The summed E-state index contributed by atoms with van der Waals surface area (Å²) in [5.74, 6) is -1.51. The van der Waals surface area contributed by atoms with Crippen molar-refractivity contribution in [1.82, 2.24) is 0 Å². The molecule has 0 heterocycles. The van der Waals surface area contributed by atoms with Gasteiger partial charge in [0.2, 0.25) is 0 Å². The van der Waals surface area contributed by atoms with Gasteiger partial charge >= 0.3 is 17.9 Å². The van der Waals surface area contributed by atoms with E-state index < -0.39 is 18.1 Å². The summed E-state index contributed by atoms with van der Waals surface area (Å²) < 4.78 is 17.2. The van der Waals surface area contributed by atoms with E-state index in [2.05, 4.69) is 74.6 Å². The Hall–Kier alpha value is -2.97. The van der Waals surface area contributed by atoms with Gasteiger partial charge in [-0.25, -0.2) is 4.79 Å². The number of aliphatic carboxylic acids is 1. The van der Waals surface area contributed by atoms with E-state index in [4.69, 9.17) is 14.2 Å². The molecule has 0 spiro atoms. The number of nitrogens with zero attached hydrogens (tertiary/aromatic N) is 1. The van der Waals surface area contributed by atoms with E-state index >= 15 is 0 Å². The number of carboxylic acids is 1. The standard InChI is InChI=1S/C47H81NO7/c1-6-8-10-12-14-16-18-19-20-21-22-23-24-25-26-28-30-32-34-36-38-46(50)55-43(41-53-40-39-44(47(51)52)48(3,4)5)42-54-45(49)37-35-33-31-29-27-17-15-13-11-9-7-2/h8,10,13-17,19-20,27,43-44H,6-7,9,11-12,18,21-26,28-42H2,1-5H3/p+1/b10-8+,15-13+,16-14+,20-19+,27-17+. The van der Waals surface area contributed by atoms with Crippen LogP contribution in [0.3, 0.4) is 0 Å². The van der Waals surface area contributed by atoms with Gasteiger partial charge < -0.3 is 23.8 Å². The van der Waals surface area contributed by atoms with Crippen molar-refractivity contribution in [3.05, 3.63) is 60.8 Å². The number of rotatable bonds is 38. The maximum atomic E-state index is 12.7. The first-order valence-corrected chi connectivity index (χ1v) is 21.8. The number of allylic oxidation sites excluding steroid dienone is 10. The largest absolute Gasteiger partial charge is 0.477 e. The molecule has 0 bridgehead atoms. The van der Waals surface area contributed by atoms with Crippen molar-refractivity contribution >= 4 is 17.9 Å². The van der Waals surface area contributed by atoms with Crippen LogP contribution in [0.15, 0.2) is 60.8 Å². The number of hydrogen-bond donors (Lipinski definition) is 1. The van der Waals surface area contributed by atoms with Gasteiger partial charge in [0.15, 0.2) is 12.1 Å². The van der Waals surface area contributed by atoms with Crippen LogP contribution in [0.2, 0.25) is 0 Å². The first kappa shape index (κ1) is 52.0. The summed E-state index contributed by atoms with van der Waals surface area (Å²) in [6.45, 7) is 4.53. The number of likely N-dealkylation sites (N-methyl/N-ethyl adjacent to an activating group) is 1. The lowest BCUT2D eigenvalue weighted by Crippen LogP contribution is -2.50. The number of hydrogen-bond acceptors (Lipinski definition) is 6. The van der Waals surface area contributed by atoms with Crippen molar-refractivity contribution in [2.75, 3.05) is 41.0 Å². The third-order valence-electron chi connectivity index (χ3n) is 9.43. The monoisotopic (exact) mass is 773 g/mol. The van der Waals surface area contributed by atoms with Gasteiger partial charge in [-0.2, -0.15) is 0 Å². The molecule has 0 saturated carbocycles. The van der Waals surface area contributed by atoms with E-state index in [0.717, 1.165) is 70.6 Å². The number of unbranched alkanes of at least 4 members (excludes halogenated alkanes) is 15. The maximum Gasteiger partial charge on any atom is 0.362 e. The maximum absolute atomic E-state index is 12.7. The Morgan fingerprint density at radius 2 is 1.07 bits per heavy atom. The molecule has 2 unspecified atom stereocenters. The molecule has 0 aliphatic heterocycles. The number of quaternary nitrogens is 1. The normalized spacial score (nSPS) is 13.5. The van der Waals surface area contributed by atoms with E-state index in [1.165, 1.54) is 64.2 Å². The molecular weight excluding hydrogens is 691 g/mol. The Kier molecular flexibility index (Phi) is 35.9. The number of carbonyl (C=O) groups is 3. The first-order chi connectivity index (χ1) is 26.6. The predicted octanol–water partition coefficient (Wildman–Crippen LogP) is 11.8. The Morgan fingerprint density at radius 3 is 1.64 bits per heavy atom. The third-order valence-corrected chi connectivity index (χ3v) is 9.43. The highest BCUT2D eigenvalue weighted by molar-refractivity contribution is 5.72. The van der Waals surface area contributed by atoms with Crippen LogP contribution in [0.25, 0.3) is 0 Å². The number of esters is 2. The van der Waals surface area contributed by atoms with Gasteiger partial charge in [0.25, 0.3) is 0 Å². The second-order valence-electron chi connectivity index (χ2n) is 15.6. The Labute approximate surface area is 337 Å². The molecular formula is C47H82NO7+. The van der Waals surface area contributed by atoms with E-state index in [1.54, 1.807) is 0 Å². The number of carbonyl (C=O) groups excluding carboxylic acids is 2. The van der Waals surface area contributed by atoms with Crippen molar-refractivity contribution < 1.29 is 38.2 Å². The fraction of sp³-hybridized carbons (Fsp3) is 0.723. The summed E-state index contributed by atoms with van der Waals surface area (Å²) in [6, 6.07) is -0.620. The van der Waals surface area contributed by atoms with Gasteiger partial charge in [-0.1, -0.05) is 145 Å². The average Bonchev–Trinajstić information content (AvgIpc) is 3.14. The van der Waals surface area contributed by atoms with Crippen molar-refractivity contribution in [2.24, 2.45) is 0 Å². The highest BCUT2D eigenvalue weighted by Gasteiger charge is 2.31. The highest BCUT2D eigenvalue weighted by atomic mass is 16.6. The van der Waals surface area contributed by atoms with Crippen molar-refractivity contribution in [3.8, 4) is 0 Å². The summed E-state index contributed by atoms with van der Waals surface area (Å²) in [6.07, 6.45) is 45.5. The topological polar surface area (TPSA) is 99.1 Å². The molecule has 55 heavy (non-hydrogen) atoms. The van der Waals surface area contributed by atoms with E-state index in [0.29, 0.717) is 19.3 Å². The first-order valence-electron chi connectivity index (χ1n) is 21.8. The van der Waals surface area contributed by atoms with Crippen molar-refractivity contribution in [1.29, 1.82) is 0 Å². The lowest BCUT2D eigenvalue weighted by atomic mass is 10.0. The second kappa shape index (κ2) is 37.9. The molecule has 316 valence electrons. The minimum atomic E-state index is -0.882. The summed E-state index contributed by atoms with van der Waals surface area (Å²) in [7, 11) is 5.51. The molecule has 0 aromatic heterocycles. The smallest absolute Gasteiger partial charge is 0.362 e. The molecule has 0 fully saturated rings. The van der Waals surface area contributed by atoms with Gasteiger partial charge in [0, 0.05) is 19.3 Å². The molecule has 0 aliphatic rings. The molecule has 0 aliphatic carbocycles. The number of ether oxygens (including phenoxy) is 3. The van der Waals surface area contributed by atoms with Crippen LogP contribution in [0.1, 0.15) is 168 Å². The SMILES string of the molecule is CC/C=C/C/C=C/C/C=C/CCCCCCCCCCCCC(=O)OC(COCCC(C(=O)O)[N+](C)(C)C)COC(=O)CCCCC/C=C/C=C/CCCC. The summed E-state index contributed by atoms with van der Waals surface area (Å²) in [4.78, 5) is 36.9. The van der Waals surface area contributed by atoms with E-state index in [-0.39, 0.29) is 36.2 Å². The Balaban J connectivity index is 4.33. The van der Waals surface area contributed by atoms with E-state index in [9.17, 15) is 19.5 Å². The molecule has 8 nitrogen and oxygen atoms in total. The third kappa shape index (κ3) is 36.4. The second-order valence-corrected chi connectivity index (χ2v) is 15.6. The van der Waals surface area contributed by atoms with Crippen LogP contribution in [-0.2, 0) is 28.6 Å². The fourth-order valence-corrected chi connectivity index (χ4v) is 6.02. The highest BCUT2D eigenvalue weighted by Crippen LogP contribution is 2.14. The van der Waals surface area contributed by atoms with Crippen LogP contribution in [0, 0.1) is 0 Å². The molecule has 2 atom stereocenters. The summed E-state index contributed by atoms with van der Waals surface area (Å²) in [5.41, 5.74) is 0. The molecule has 0 aromatic rings. The van der Waals surface area contributed by atoms with Crippen LogP contribution in [0.5, 0.6) is 0 Å². The van der Waals surface area contributed by atoms with Crippen molar-refractivity contribution in [2.45, 2.75) is 180 Å². The average molecular weight is 773 g/mol.